The maximum atomic E-state index is 12.9. The van der Waals surface area contributed by atoms with E-state index in [1.165, 1.54) is 18.2 Å². The topological polar surface area (TPSA) is 73.6 Å². The Balaban J connectivity index is 2.15. The third-order valence-corrected chi connectivity index (χ3v) is 3.44. The summed E-state index contributed by atoms with van der Waals surface area (Å²) in [4.78, 5) is 12.1. The molecule has 0 saturated heterocycles. The summed E-state index contributed by atoms with van der Waals surface area (Å²) in [6, 6.07) is 4.08. The molecule has 1 aliphatic rings. The zero-order chi connectivity index (χ0) is 15.0. The lowest BCUT2D eigenvalue weighted by atomic mass is 9.86. The molecule has 7 heteroatoms. The van der Waals surface area contributed by atoms with Crippen LogP contribution in [0.2, 0.25) is 0 Å². The number of rotatable bonds is 4. The van der Waals surface area contributed by atoms with Crippen molar-refractivity contribution >= 4 is 11.6 Å². The van der Waals surface area contributed by atoms with Crippen LogP contribution in [0.3, 0.4) is 0 Å². The van der Waals surface area contributed by atoms with Crippen LogP contribution in [0, 0.1) is 5.41 Å². The van der Waals surface area contributed by atoms with Crippen molar-refractivity contribution in [1.82, 2.24) is 0 Å². The number of carbonyl (C=O) groups excluding carboxylic acids is 1. The highest BCUT2D eigenvalue weighted by molar-refractivity contribution is 5.95. The summed E-state index contributed by atoms with van der Waals surface area (Å²) in [5.74, 6) is -0.447. The van der Waals surface area contributed by atoms with Crippen LogP contribution >= 0.6 is 0 Å². The van der Waals surface area contributed by atoms with Gasteiger partial charge in [-0.1, -0.05) is 6.92 Å². The Morgan fingerprint density at radius 2 is 2.05 bits per heavy atom. The van der Waals surface area contributed by atoms with E-state index in [9.17, 15) is 13.6 Å². The summed E-state index contributed by atoms with van der Waals surface area (Å²) in [5, 5.41) is 2.64. The van der Waals surface area contributed by atoms with Gasteiger partial charge in [-0.25, -0.2) is 0 Å². The van der Waals surface area contributed by atoms with Crippen LogP contribution in [0.1, 0.15) is 20.3 Å². The molecule has 0 radical (unpaired) electrons. The van der Waals surface area contributed by atoms with Gasteiger partial charge in [0.05, 0.1) is 5.41 Å². The minimum atomic E-state index is -3.67. The van der Waals surface area contributed by atoms with Crippen molar-refractivity contribution in [3.63, 3.8) is 0 Å². The first-order valence-electron chi connectivity index (χ1n) is 6.21. The second-order valence-electron chi connectivity index (χ2n) is 4.90. The van der Waals surface area contributed by atoms with E-state index >= 15 is 0 Å². The number of benzene rings is 1. The molecule has 3 N–H and O–H groups in total. The molecular weight excluding hydrogens is 270 g/mol. The Hall–Kier alpha value is -1.89. The van der Waals surface area contributed by atoms with Crippen molar-refractivity contribution in [3.8, 4) is 11.5 Å². The van der Waals surface area contributed by atoms with Crippen molar-refractivity contribution < 1.29 is 23.0 Å². The minimum absolute atomic E-state index is 0.0647. The summed E-state index contributed by atoms with van der Waals surface area (Å²) < 4.78 is 34.4. The lowest BCUT2D eigenvalue weighted by Crippen LogP contribution is -2.39. The van der Waals surface area contributed by atoms with Gasteiger partial charge < -0.3 is 20.5 Å². The Kier molecular flexibility index (Phi) is 3.56. The van der Waals surface area contributed by atoms with Crippen molar-refractivity contribution in [1.29, 1.82) is 0 Å². The van der Waals surface area contributed by atoms with Gasteiger partial charge in [-0.15, -0.1) is 8.78 Å². The number of halogens is 2. The first kappa shape index (κ1) is 14.5. The predicted octanol–water partition coefficient (Wildman–Crippen LogP) is 2.32. The normalized spacial score (nSPS) is 18.4. The molecule has 1 atom stereocenters. The van der Waals surface area contributed by atoms with E-state index in [0.29, 0.717) is 12.1 Å². The predicted molar refractivity (Wildman–Crippen MR) is 68.7 cm³/mol. The maximum Gasteiger partial charge on any atom is 0.586 e. The summed E-state index contributed by atoms with van der Waals surface area (Å²) in [6.45, 7) is 3.79. The van der Waals surface area contributed by atoms with Gasteiger partial charge in [-0.05, 0) is 25.5 Å². The molecule has 0 fully saturated rings. The van der Waals surface area contributed by atoms with E-state index in [4.69, 9.17) is 5.73 Å². The van der Waals surface area contributed by atoms with Crippen LogP contribution in [-0.4, -0.2) is 18.7 Å². The molecular formula is C13H16F2N2O3. The minimum Gasteiger partial charge on any atom is -0.395 e. The average molecular weight is 286 g/mol. The molecule has 1 amide bonds. The fraction of sp³-hybridized carbons (Fsp3) is 0.462. The Morgan fingerprint density at radius 1 is 1.40 bits per heavy atom. The number of alkyl halides is 2. The number of nitrogens with one attached hydrogen (secondary N) is 1. The number of anilines is 1. The summed E-state index contributed by atoms with van der Waals surface area (Å²) >= 11 is 0. The van der Waals surface area contributed by atoms with Gasteiger partial charge in [-0.2, -0.15) is 0 Å². The van der Waals surface area contributed by atoms with Crippen LogP contribution in [0.5, 0.6) is 11.5 Å². The molecule has 0 spiro atoms. The monoisotopic (exact) mass is 286 g/mol. The molecule has 20 heavy (non-hydrogen) atoms. The largest absolute Gasteiger partial charge is 0.586 e. The SMILES string of the molecule is CCC(C)(CN)C(=O)Nc1ccc2c(c1)OC(F)(F)O2. The average Bonchev–Trinajstić information content (AvgIpc) is 2.70. The molecule has 1 aliphatic heterocycles. The number of ether oxygens (including phenoxy) is 2. The van der Waals surface area contributed by atoms with Gasteiger partial charge in [0.25, 0.3) is 0 Å². The van der Waals surface area contributed by atoms with Crippen LogP contribution < -0.4 is 20.5 Å². The molecule has 110 valence electrons. The number of hydrogen-bond acceptors (Lipinski definition) is 4. The molecule has 0 aromatic heterocycles. The molecule has 2 rings (SSSR count). The smallest absolute Gasteiger partial charge is 0.395 e. The van der Waals surface area contributed by atoms with E-state index in [1.807, 2.05) is 6.92 Å². The van der Waals surface area contributed by atoms with Crippen LogP contribution in [0.4, 0.5) is 14.5 Å². The second-order valence-corrected chi connectivity index (χ2v) is 4.90. The van der Waals surface area contributed by atoms with Crippen molar-refractivity contribution in [2.45, 2.75) is 26.6 Å². The fourth-order valence-corrected chi connectivity index (χ4v) is 1.71. The van der Waals surface area contributed by atoms with E-state index < -0.39 is 11.7 Å². The number of fused-ring (bicyclic) bond motifs is 1. The lowest BCUT2D eigenvalue weighted by Gasteiger charge is -2.24. The second kappa shape index (κ2) is 4.90. The molecule has 0 aliphatic carbocycles. The van der Waals surface area contributed by atoms with Gasteiger partial charge in [0.2, 0.25) is 5.91 Å². The highest BCUT2D eigenvalue weighted by Crippen LogP contribution is 2.42. The van der Waals surface area contributed by atoms with Crippen molar-refractivity contribution in [2.75, 3.05) is 11.9 Å². The fourth-order valence-electron chi connectivity index (χ4n) is 1.71. The third-order valence-electron chi connectivity index (χ3n) is 3.44. The number of amides is 1. The van der Waals surface area contributed by atoms with Gasteiger partial charge in [0, 0.05) is 18.3 Å². The summed E-state index contributed by atoms with van der Waals surface area (Å²) in [5.41, 5.74) is 5.24. The van der Waals surface area contributed by atoms with E-state index in [1.54, 1.807) is 6.92 Å². The molecule has 1 aromatic rings. The quantitative estimate of drug-likeness (QED) is 0.891. The zero-order valence-electron chi connectivity index (χ0n) is 11.2. The molecule has 0 saturated carbocycles. The Morgan fingerprint density at radius 3 is 2.65 bits per heavy atom. The van der Waals surface area contributed by atoms with Crippen molar-refractivity contribution in [2.24, 2.45) is 11.1 Å². The Labute approximate surface area is 115 Å². The number of hydrogen-bond donors (Lipinski definition) is 2. The Bertz CT molecular complexity index is 530. The highest BCUT2D eigenvalue weighted by Gasteiger charge is 2.43. The van der Waals surface area contributed by atoms with Crippen LogP contribution in [0.25, 0.3) is 0 Å². The molecule has 1 heterocycles. The van der Waals surface area contributed by atoms with E-state index in [-0.39, 0.29) is 24.0 Å². The van der Waals surface area contributed by atoms with Crippen molar-refractivity contribution in [3.05, 3.63) is 18.2 Å². The van der Waals surface area contributed by atoms with Crippen LogP contribution in [-0.2, 0) is 4.79 Å². The number of nitrogens with two attached hydrogens (primary N) is 1. The third kappa shape index (κ3) is 2.67. The molecule has 1 aromatic carbocycles. The first-order chi connectivity index (χ1) is 9.29. The molecule has 1 unspecified atom stereocenters. The van der Waals surface area contributed by atoms with E-state index in [0.717, 1.165) is 0 Å². The van der Waals surface area contributed by atoms with Gasteiger partial charge in [0.1, 0.15) is 0 Å². The van der Waals surface area contributed by atoms with E-state index in [2.05, 4.69) is 14.8 Å². The van der Waals surface area contributed by atoms with Crippen LogP contribution in [0.15, 0.2) is 18.2 Å². The number of carbonyl (C=O) groups is 1. The first-order valence-corrected chi connectivity index (χ1v) is 6.21. The lowest BCUT2D eigenvalue weighted by molar-refractivity contribution is -0.286. The molecule has 5 nitrogen and oxygen atoms in total. The highest BCUT2D eigenvalue weighted by atomic mass is 19.3. The van der Waals surface area contributed by atoms with Gasteiger partial charge in [0.15, 0.2) is 11.5 Å². The van der Waals surface area contributed by atoms with Gasteiger partial charge in [-0.3, -0.25) is 4.79 Å². The summed E-state index contributed by atoms with van der Waals surface area (Å²) in [7, 11) is 0. The molecule has 0 bridgehead atoms. The summed E-state index contributed by atoms with van der Waals surface area (Å²) in [6.07, 6.45) is -3.10. The zero-order valence-corrected chi connectivity index (χ0v) is 11.2. The maximum absolute atomic E-state index is 12.9. The standard InChI is InChI=1S/C13H16F2N2O3/c1-3-12(2,7-16)11(18)17-8-4-5-9-10(6-8)20-13(14,15)19-9/h4-6H,3,7,16H2,1-2H3,(H,17,18). The van der Waals surface area contributed by atoms with Gasteiger partial charge >= 0.3 is 6.29 Å².